The molecular weight excluding hydrogens is 118 g/mol. The SMILES string of the molecule is CONC(C)=CC(C)=O. The van der Waals surface area contributed by atoms with Gasteiger partial charge in [-0.15, -0.1) is 0 Å². The summed E-state index contributed by atoms with van der Waals surface area (Å²) in [6.45, 7) is 3.24. The zero-order chi connectivity index (χ0) is 7.28. The van der Waals surface area contributed by atoms with Crippen LogP contribution in [0.3, 0.4) is 0 Å². The Morgan fingerprint density at radius 2 is 2.11 bits per heavy atom. The summed E-state index contributed by atoms with van der Waals surface area (Å²) >= 11 is 0. The molecular formula is C6H11NO2. The summed E-state index contributed by atoms with van der Waals surface area (Å²) in [5.41, 5.74) is 3.23. The first kappa shape index (κ1) is 8.17. The molecule has 9 heavy (non-hydrogen) atoms. The number of nitrogens with one attached hydrogen (secondary N) is 1. The lowest BCUT2D eigenvalue weighted by Gasteiger charge is -1.99. The van der Waals surface area contributed by atoms with Crippen molar-refractivity contribution in [3.63, 3.8) is 0 Å². The van der Waals surface area contributed by atoms with E-state index in [1.54, 1.807) is 6.92 Å². The van der Waals surface area contributed by atoms with Crippen LogP contribution < -0.4 is 5.48 Å². The molecule has 0 rings (SSSR count). The second-order valence-corrected chi connectivity index (χ2v) is 1.74. The molecule has 0 bridgehead atoms. The Kier molecular flexibility index (Phi) is 3.71. The minimum Gasteiger partial charge on any atom is -0.295 e. The van der Waals surface area contributed by atoms with E-state index in [1.807, 2.05) is 0 Å². The van der Waals surface area contributed by atoms with E-state index in [0.29, 0.717) is 5.70 Å². The van der Waals surface area contributed by atoms with E-state index in [-0.39, 0.29) is 5.78 Å². The second-order valence-electron chi connectivity index (χ2n) is 1.74. The summed E-state index contributed by atoms with van der Waals surface area (Å²) in [5.74, 6) is 0.0112. The van der Waals surface area contributed by atoms with Crippen LogP contribution in [-0.4, -0.2) is 12.9 Å². The third-order valence-corrected chi connectivity index (χ3v) is 0.683. The molecule has 0 heterocycles. The fourth-order valence-electron chi connectivity index (χ4n) is 0.495. The van der Waals surface area contributed by atoms with Gasteiger partial charge in [0.2, 0.25) is 0 Å². The first-order chi connectivity index (χ1) is 4.16. The van der Waals surface area contributed by atoms with Crippen LogP contribution in [0.15, 0.2) is 11.8 Å². The molecule has 1 N–H and O–H groups in total. The zero-order valence-corrected chi connectivity index (χ0v) is 5.89. The van der Waals surface area contributed by atoms with Crippen molar-refractivity contribution in [3.8, 4) is 0 Å². The van der Waals surface area contributed by atoms with Gasteiger partial charge in [-0.3, -0.25) is 15.1 Å². The largest absolute Gasteiger partial charge is 0.295 e. The van der Waals surface area contributed by atoms with E-state index in [9.17, 15) is 4.79 Å². The van der Waals surface area contributed by atoms with E-state index >= 15 is 0 Å². The summed E-state index contributed by atoms with van der Waals surface area (Å²) in [7, 11) is 1.50. The average Bonchev–Trinajstić information content (AvgIpc) is 1.63. The maximum atomic E-state index is 10.4. The smallest absolute Gasteiger partial charge is 0.154 e. The highest BCUT2D eigenvalue weighted by Crippen LogP contribution is 1.84. The van der Waals surface area contributed by atoms with Crippen LogP contribution in [0, 0.1) is 0 Å². The molecule has 0 aliphatic heterocycles. The van der Waals surface area contributed by atoms with E-state index in [2.05, 4.69) is 10.3 Å². The highest BCUT2D eigenvalue weighted by molar-refractivity contribution is 5.87. The second kappa shape index (κ2) is 4.09. The van der Waals surface area contributed by atoms with E-state index in [1.165, 1.54) is 20.1 Å². The van der Waals surface area contributed by atoms with E-state index < -0.39 is 0 Å². The van der Waals surface area contributed by atoms with Crippen molar-refractivity contribution in [3.05, 3.63) is 11.8 Å². The molecule has 0 atom stereocenters. The number of hydroxylamine groups is 1. The fraction of sp³-hybridized carbons (Fsp3) is 0.500. The van der Waals surface area contributed by atoms with Gasteiger partial charge in [0.25, 0.3) is 0 Å². The van der Waals surface area contributed by atoms with E-state index in [0.717, 1.165) is 0 Å². The maximum absolute atomic E-state index is 10.4. The van der Waals surface area contributed by atoms with Gasteiger partial charge in [-0.25, -0.2) is 0 Å². The Hall–Kier alpha value is -0.830. The van der Waals surface area contributed by atoms with Gasteiger partial charge < -0.3 is 0 Å². The maximum Gasteiger partial charge on any atom is 0.154 e. The summed E-state index contributed by atoms with van der Waals surface area (Å²) in [6.07, 6.45) is 1.46. The number of ketones is 1. The molecule has 3 nitrogen and oxygen atoms in total. The Bertz CT molecular complexity index is 129. The Labute approximate surface area is 54.7 Å². The van der Waals surface area contributed by atoms with Crippen molar-refractivity contribution in [2.24, 2.45) is 0 Å². The third-order valence-electron chi connectivity index (χ3n) is 0.683. The van der Waals surface area contributed by atoms with Crippen LogP contribution in [-0.2, 0) is 9.63 Å². The molecule has 0 aromatic rings. The van der Waals surface area contributed by atoms with Crippen molar-refractivity contribution in [1.29, 1.82) is 0 Å². The molecule has 0 aromatic carbocycles. The normalized spacial score (nSPS) is 11.2. The third kappa shape index (κ3) is 5.03. The van der Waals surface area contributed by atoms with Gasteiger partial charge in [0.15, 0.2) is 5.78 Å². The molecule has 0 fully saturated rings. The summed E-state index contributed by atoms with van der Waals surface area (Å²) in [6, 6.07) is 0. The molecule has 0 aliphatic rings. The first-order valence-electron chi connectivity index (χ1n) is 2.64. The molecule has 0 spiro atoms. The topological polar surface area (TPSA) is 38.3 Å². The number of hydrogen-bond donors (Lipinski definition) is 1. The van der Waals surface area contributed by atoms with Crippen LogP contribution in [0.25, 0.3) is 0 Å². The Morgan fingerprint density at radius 1 is 1.56 bits per heavy atom. The monoisotopic (exact) mass is 129 g/mol. The fourth-order valence-corrected chi connectivity index (χ4v) is 0.495. The van der Waals surface area contributed by atoms with Gasteiger partial charge in [0, 0.05) is 11.8 Å². The van der Waals surface area contributed by atoms with Gasteiger partial charge in [-0.2, -0.15) is 0 Å². The Morgan fingerprint density at radius 3 is 2.44 bits per heavy atom. The standard InChI is InChI=1S/C6H11NO2/c1-5(7-9-3)4-6(2)8/h4,7H,1-3H3. The minimum atomic E-state index is 0.0112. The number of hydrogen-bond acceptors (Lipinski definition) is 3. The lowest BCUT2D eigenvalue weighted by atomic mass is 10.3. The summed E-state index contributed by atoms with van der Waals surface area (Å²) < 4.78 is 0. The van der Waals surface area contributed by atoms with Crippen LogP contribution in [0.1, 0.15) is 13.8 Å². The molecule has 3 heteroatoms. The molecule has 0 amide bonds. The van der Waals surface area contributed by atoms with Gasteiger partial charge in [0.05, 0.1) is 7.11 Å². The molecule has 0 saturated carbocycles. The number of allylic oxidation sites excluding steroid dienone is 2. The van der Waals surface area contributed by atoms with Crippen LogP contribution in [0.4, 0.5) is 0 Å². The first-order valence-corrected chi connectivity index (χ1v) is 2.64. The van der Waals surface area contributed by atoms with Gasteiger partial charge in [-0.05, 0) is 13.8 Å². The van der Waals surface area contributed by atoms with Crippen molar-refractivity contribution in [2.75, 3.05) is 7.11 Å². The number of carbonyl (C=O) groups is 1. The van der Waals surface area contributed by atoms with Crippen molar-refractivity contribution in [1.82, 2.24) is 5.48 Å². The number of rotatable bonds is 3. The van der Waals surface area contributed by atoms with Crippen molar-refractivity contribution in [2.45, 2.75) is 13.8 Å². The lowest BCUT2D eigenvalue weighted by molar-refractivity contribution is -0.112. The summed E-state index contributed by atoms with van der Waals surface area (Å²) in [4.78, 5) is 14.9. The molecule has 0 aliphatic carbocycles. The zero-order valence-electron chi connectivity index (χ0n) is 5.89. The highest BCUT2D eigenvalue weighted by atomic mass is 16.6. The van der Waals surface area contributed by atoms with Crippen LogP contribution >= 0.6 is 0 Å². The predicted octanol–water partition coefficient (Wildman–Crippen LogP) is 0.630. The molecule has 0 aromatic heterocycles. The van der Waals surface area contributed by atoms with Gasteiger partial charge >= 0.3 is 0 Å². The highest BCUT2D eigenvalue weighted by Gasteiger charge is 1.87. The molecule has 0 saturated heterocycles. The lowest BCUT2D eigenvalue weighted by Crippen LogP contribution is -2.09. The Balaban J connectivity index is 3.69. The molecule has 52 valence electrons. The minimum absolute atomic E-state index is 0.0112. The molecule has 0 unspecified atom stereocenters. The quantitative estimate of drug-likeness (QED) is 0.448. The summed E-state index contributed by atoms with van der Waals surface area (Å²) in [5, 5.41) is 0. The molecule has 0 radical (unpaired) electrons. The van der Waals surface area contributed by atoms with Gasteiger partial charge in [-0.1, -0.05) is 0 Å². The average molecular weight is 129 g/mol. The van der Waals surface area contributed by atoms with Gasteiger partial charge in [0.1, 0.15) is 0 Å². The number of carbonyl (C=O) groups excluding carboxylic acids is 1. The van der Waals surface area contributed by atoms with Crippen molar-refractivity contribution < 1.29 is 9.63 Å². The van der Waals surface area contributed by atoms with Crippen LogP contribution in [0.2, 0.25) is 0 Å². The van der Waals surface area contributed by atoms with E-state index in [4.69, 9.17) is 0 Å². The van der Waals surface area contributed by atoms with Crippen molar-refractivity contribution >= 4 is 5.78 Å². The van der Waals surface area contributed by atoms with Crippen LogP contribution in [0.5, 0.6) is 0 Å². The predicted molar refractivity (Wildman–Crippen MR) is 34.6 cm³/mol.